The topological polar surface area (TPSA) is 43.7 Å². The van der Waals surface area contributed by atoms with Gasteiger partial charge in [-0.15, -0.1) is 12.4 Å². The molecule has 172 valence electrons. The van der Waals surface area contributed by atoms with E-state index in [1.807, 2.05) is 0 Å². The van der Waals surface area contributed by atoms with Crippen molar-refractivity contribution in [3.05, 3.63) is 0 Å². The second kappa shape index (κ2) is 25.2. The number of unbranched alkanes of at least 4 members (excludes halogenated alkanes) is 16. The molecule has 0 aliphatic rings. The first-order valence-electron chi connectivity index (χ1n) is 12.3. The summed E-state index contributed by atoms with van der Waals surface area (Å²) in [7, 11) is 0. The summed E-state index contributed by atoms with van der Waals surface area (Å²) < 4.78 is 0. The first-order chi connectivity index (χ1) is 13.2. The zero-order chi connectivity index (χ0) is 20.0. The van der Waals surface area contributed by atoms with Crippen LogP contribution in [0.2, 0.25) is 0 Å². The van der Waals surface area contributed by atoms with Crippen LogP contribution in [0.15, 0.2) is 0 Å². The van der Waals surface area contributed by atoms with Crippen LogP contribution < -0.4 is 0 Å². The van der Waals surface area contributed by atoms with Gasteiger partial charge in [-0.2, -0.15) is 0 Å². The third-order valence-corrected chi connectivity index (χ3v) is 5.58. The summed E-state index contributed by atoms with van der Waals surface area (Å²) in [6.45, 7) is 6.98. The van der Waals surface area contributed by atoms with Gasteiger partial charge >= 0.3 is 0 Å². The third-order valence-electron chi connectivity index (χ3n) is 5.58. The van der Waals surface area contributed by atoms with Crippen LogP contribution in [-0.2, 0) is 0 Å². The number of nitrogens with zero attached hydrogens (tertiary/aromatic N) is 1. The molecule has 0 aliphatic carbocycles. The van der Waals surface area contributed by atoms with Gasteiger partial charge in [-0.1, -0.05) is 117 Å². The summed E-state index contributed by atoms with van der Waals surface area (Å²) in [6, 6.07) is 0. The zero-order valence-corrected chi connectivity index (χ0v) is 20.0. The first kappa shape index (κ1) is 30.4. The molecule has 0 fully saturated rings. The number of rotatable bonds is 22. The quantitative estimate of drug-likeness (QED) is 0.145. The molecule has 0 aliphatic heterocycles. The maximum absolute atomic E-state index is 9.32. The van der Waals surface area contributed by atoms with Crippen LogP contribution >= 0.6 is 12.4 Å². The van der Waals surface area contributed by atoms with Crippen molar-refractivity contribution in [1.29, 1.82) is 0 Å². The van der Waals surface area contributed by atoms with E-state index in [9.17, 15) is 10.2 Å². The van der Waals surface area contributed by atoms with E-state index in [0.29, 0.717) is 6.54 Å². The maximum atomic E-state index is 9.32. The monoisotopic (exact) mass is 421 g/mol. The molecule has 0 rings (SSSR count). The second-order valence-corrected chi connectivity index (χ2v) is 8.44. The van der Waals surface area contributed by atoms with E-state index in [1.54, 1.807) is 0 Å². The van der Waals surface area contributed by atoms with Crippen LogP contribution in [0, 0.1) is 0 Å². The highest BCUT2D eigenvalue weighted by Gasteiger charge is 2.08. The van der Waals surface area contributed by atoms with Gasteiger partial charge in [0.25, 0.3) is 0 Å². The Morgan fingerprint density at radius 3 is 1.07 bits per heavy atom. The Morgan fingerprint density at radius 1 is 0.500 bits per heavy atom. The van der Waals surface area contributed by atoms with Crippen LogP contribution in [0.1, 0.15) is 129 Å². The van der Waals surface area contributed by atoms with Crippen molar-refractivity contribution in [1.82, 2.24) is 4.90 Å². The van der Waals surface area contributed by atoms with Gasteiger partial charge < -0.3 is 10.2 Å². The van der Waals surface area contributed by atoms with E-state index in [4.69, 9.17) is 0 Å². The Morgan fingerprint density at radius 2 is 0.786 bits per heavy atom. The van der Waals surface area contributed by atoms with Crippen molar-refractivity contribution < 1.29 is 10.2 Å². The van der Waals surface area contributed by atoms with Crippen molar-refractivity contribution in [3.63, 3.8) is 0 Å². The molecule has 0 unspecified atom stereocenters. The minimum atomic E-state index is -1.19. The van der Waals surface area contributed by atoms with Gasteiger partial charge in [-0.3, -0.25) is 4.90 Å². The smallest absolute Gasteiger partial charge is 0.164 e. The second-order valence-electron chi connectivity index (χ2n) is 8.44. The summed E-state index contributed by atoms with van der Waals surface area (Å²) >= 11 is 0. The maximum Gasteiger partial charge on any atom is 0.164 e. The van der Waals surface area contributed by atoms with Gasteiger partial charge in [-0.25, -0.2) is 0 Å². The number of halogens is 1. The molecular formula is C24H52ClNO2. The van der Waals surface area contributed by atoms with E-state index in [0.717, 1.165) is 13.1 Å². The van der Waals surface area contributed by atoms with Crippen molar-refractivity contribution in [2.75, 3.05) is 19.6 Å². The van der Waals surface area contributed by atoms with Crippen LogP contribution in [0.4, 0.5) is 0 Å². The SMILES string of the molecule is CCCCCCCCCCCN(CCCCCCCCCCC)CC(O)O.Cl. The van der Waals surface area contributed by atoms with Crippen molar-refractivity contribution in [2.24, 2.45) is 0 Å². The van der Waals surface area contributed by atoms with Crippen molar-refractivity contribution >= 4 is 12.4 Å². The summed E-state index contributed by atoms with van der Waals surface area (Å²) in [5, 5.41) is 18.6. The van der Waals surface area contributed by atoms with Crippen LogP contribution in [0.25, 0.3) is 0 Å². The summed E-state index contributed by atoms with van der Waals surface area (Å²) in [5.74, 6) is 0. The molecule has 0 atom stereocenters. The van der Waals surface area contributed by atoms with Gasteiger partial charge in [0.05, 0.1) is 0 Å². The average molecular weight is 422 g/mol. The van der Waals surface area contributed by atoms with Crippen molar-refractivity contribution in [2.45, 2.75) is 136 Å². The minimum absolute atomic E-state index is 0. The van der Waals surface area contributed by atoms with E-state index >= 15 is 0 Å². The Balaban J connectivity index is 0. The molecule has 4 heteroatoms. The van der Waals surface area contributed by atoms with E-state index in [-0.39, 0.29) is 12.4 Å². The highest BCUT2D eigenvalue weighted by molar-refractivity contribution is 5.85. The molecule has 0 saturated carbocycles. The lowest BCUT2D eigenvalue weighted by Crippen LogP contribution is -2.34. The number of hydrogen-bond donors (Lipinski definition) is 2. The number of aliphatic hydroxyl groups is 2. The van der Waals surface area contributed by atoms with Crippen LogP contribution in [-0.4, -0.2) is 41.0 Å². The molecule has 0 aromatic rings. The van der Waals surface area contributed by atoms with Gasteiger partial charge in [0.2, 0.25) is 0 Å². The largest absolute Gasteiger partial charge is 0.367 e. The molecule has 3 nitrogen and oxygen atoms in total. The Hall–Kier alpha value is 0.170. The lowest BCUT2D eigenvalue weighted by Gasteiger charge is -2.23. The molecule has 28 heavy (non-hydrogen) atoms. The molecule has 0 aromatic carbocycles. The van der Waals surface area contributed by atoms with Gasteiger partial charge in [0.15, 0.2) is 6.29 Å². The average Bonchev–Trinajstić information content (AvgIpc) is 2.64. The highest BCUT2D eigenvalue weighted by Crippen LogP contribution is 2.12. The molecule has 0 spiro atoms. The van der Waals surface area contributed by atoms with E-state index in [1.165, 1.54) is 116 Å². The van der Waals surface area contributed by atoms with Crippen molar-refractivity contribution in [3.8, 4) is 0 Å². The fraction of sp³-hybridized carbons (Fsp3) is 1.00. The molecule has 0 heterocycles. The predicted molar refractivity (Wildman–Crippen MR) is 126 cm³/mol. The normalized spacial score (nSPS) is 11.4. The zero-order valence-electron chi connectivity index (χ0n) is 19.2. The number of aliphatic hydroxyl groups excluding tert-OH is 1. The molecule has 0 amide bonds. The fourth-order valence-corrected chi connectivity index (χ4v) is 3.82. The lowest BCUT2D eigenvalue weighted by molar-refractivity contribution is -0.0616. The van der Waals surface area contributed by atoms with Gasteiger partial charge in [0, 0.05) is 6.54 Å². The van der Waals surface area contributed by atoms with E-state index < -0.39 is 6.29 Å². The summed E-state index contributed by atoms with van der Waals surface area (Å²) in [4.78, 5) is 2.26. The highest BCUT2D eigenvalue weighted by atomic mass is 35.5. The minimum Gasteiger partial charge on any atom is -0.367 e. The Kier molecular flexibility index (Phi) is 27.3. The first-order valence-corrected chi connectivity index (χ1v) is 12.3. The lowest BCUT2D eigenvalue weighted by atomic mass is 10.1. The molecule has 2 N–H and O–H groups in total. The Bertz CT molecular complexity index is 255. The Labute approximate surface area is 183 Å². The van der Waals surface area contributed by atoms with Gasteiger partial charge in [-0.05, 0) is 25.9 Å². The fourth-order valence-electron chi connectivity index (χ4n) is 3.82. The molecule has 0 saturated heterocycles. The standard InChI is InChI=1S/C24H51NO2.ClH/c1-3-5-7-9-11-13-15-17-19-21-25(23-24(26)27)22-20-18-16-14-12-10-8-6-4-2;/h24,26-27H,3-23H2,1-2H3;1H. The third kappa shape index (κ3) is 24.2. The predicted octanol–water partition coefficient (Wildman–Crippen LogP) is 7.08. The van der Waals surface area contributed by atoms with Gasteiger partial charge in [0.1, 0.15) is 0 Å². The van der Waals surface area contributed by atoms with E-state index in [2.05, 4.69) is 18.7 Å². The summed E-state index contributed by atoms with van der Waals surface area (Å²) in [5.41, 5.74) is 0. The van der Waals surface area contributed by atoms with Crippen LogP contribution in [0.5, 0.6) is 0 Å². The molecule has 0 aromatic heterocycles. The molecular weight excluding hydrogens is 370 g/mol. The number of hydrogen-bond acceptors (Lipinski definition) is 3. The summed E-state index contributed by atoms with van der Waals surface area (Å²) in [6.07, 6.45) is 22.9. The van der Waals surface area contributed by atoms with Crippen LogP contribution in [0.3, 0.4) is 0 Å². The molecule has 0 radical (unpaired) electrons. The molecule has 0 bridgehead atoms.